The third-order valence-corrected chi connectivity index (χ3v) is 3.95. The summed E-state index contributed by atoms with van der Waals surface area (Å²) in [4.78, 5) is 22.0. The predicted octanol–water partition coefficient (Wildman–Crippen LogP) is 1.23. The number of hydrogen-bond donors (Lipinski definition) is 1. The van der Waals surface area contributed by atoms with E-state index < -0.39 is 5.97 Å². The number of rotatable bonds is 2. The lowest BCUT2D eigenvalue weighted by molar-refractivity contribution is -0.142. The predicted molar refractivity (Wildman–Crippen MR) is 61.8 cm³/mol. The summed E-state index contributed by atoms with van der Waals surface area (Å²) in [5, 5.41) is 9.21. The van der Waals surface area contributed by atoms with E-state index in [1.54, 1.807) is 12.4 Å². The van der Waals surface area contributed by atoms with Gasteiger partial charge in [0.15, 0.2) is 5.82 Å². The molecule has 0 aromatic carbocycles. The Morgan fingerprint density at radius 2 is 2.18 bits per heavy atom. The highest BCUT2D eigenvalue weighted by Crippen LogP contribution is 2.44. The average molecular weight is 233 g/mol. The summed E-state index contributed by atoms with van der Waals surface area (Å²) < 4.78 is 0. The number of carboxylic acid groups (broad SMARTS) is 1. The number of aliphatic carboxylic acids is 1. The van der Waals surface area contributed by atoms with Gasteiger partial charge in [-0.1, -0.05) is 0 Å². The van der Waals surface area contributed by atoms with Crippen molar-refractivity contribution in [2.24, 2.45) is 5.92 Å². The molecular formula is C12H15N3O2. The van der Waals surface area contributed by atoms with E-state index in [0.29, 0.717) is 6.04 Å². The van der Waals surface area contributed by atoms with Crippen LogP contribution in [-0.4, -0.2) is 33.1 Å². The summed E-state index contributed by atoms with van der Waals surface area (Å²) in [6.07, 6.45) is 6.12. The Balaban J connectivity index is 1.96. The number of nitrogens with zero attached hydrogens (tertiary/aromatic N) is 3. The first kappa shape index (κ1) is 10.5. The maximum Gasteiger partial charge on any atom is 0.308 e. The van der Waals surface area contributed by atoms with E-state index in [2.05, 4.69) is 14.9 Å². The number of aromatic nitrogens is 2. The average Bonchev–Trinajstić information content (AvgIpc) is 2.87. The van der Waals surface area contributed by atoms with Crippen molar-refractivity contribution in [3.05, 3.63) is 18.1 Å². The molecule has 2 aliphatic rings. The Hall–Kier alpha value is -1.65. The van der Waals surface area contributed by atoms with Gasteiger partial charge in [0.1, 0.15) is 0 Å². The molecule has 0 saturated carbocycles. The van der Waals surface area contributed by atoms with Gasteiger partial charge >= 0.3 is 5.97 Å². The minimum Gasteiger partial charge on any atom is -0.481 e. The molecule has 90 valence electrons. The van der Waals surface area contributed by atoms with Crippen molar-refractivity contribution in [2.75, 3.05) is 4.90 Å². The summed E-state index contributed by atoms with van der Waals surface area (Å²) >= 11 is 0. The third-order valence-electron chi connectivity index (χ3n) is 3.95. The standard InChI is InChI=1S/C12H15N3O2/c1-7-11(14-5-4-13-7)15-8-2-3-10(15)9(6-8)12(16)17/h4-5,8-10H,2-3,6H2,1H3,(H,16,17). The highest BCUT2D eigenvalue weighted by Gasteiger charge is 2.50. The fraction of sp³-hybridized carbons (Fsp3) is 0.583. The number of fused-ring (bicyclic) bond motifs is 2. The molecule has 3 rings (SSSR count). The van der Waals surface area contributed by atoms with Gasteiger partial charge in [0.25, 0.3) is 0 Å². The van der Waals surface area contributed by atoms with E-state index in [-0.39, 0.29) is 12.0 Å². The molecule has 3 heterocycles. The molecule has 2 saturated heterocycles. The van der Waals surface area contributed by atoms with Gasteiger partial charge in [-0.2, -0.15) is 0 Å². The molecule has 3 unspecified atom stereocenters. The van der Waals surface area contributed by atoms with Gasteiger partial charge in [-0.3, -0.25) is 9.78 Å². The Labute approximate surface area is 99.5 Å². The lowest BCUT2D eigenvalue weighted by Crippen LogP contribution is -2.34. The van der Waals surface area contributed by atoms with Crippen LogP contribution in [0.25, 0.3) is 0 Å². The molecule has 17 heavy (non-hydrogen) atoms. The Kier molecular flexibility index (Phi) is 2.28. The second-order valence-corrected chi connectivity index (χ2v) is 4.85. The van der Waals surface area contributed by atoms with Crippen molar-refractivity contribution in [3.63, 3.8) is 0 Å². The number of hydrogen-bond acceptors (Lipinski definition) is 4. The zero-order chi connectivity index (χ0) is 12.0. The summed E-state index contributed by atoms with van der Waals surface area (Å²) in [7, 11) is 0. The molecule has 5 nitrogen and oxygen atoms in total. The van der Waals surface area contributed by atoms with E-state index in [0.717, 1.165) is 30.8 Å². The molecule has 5 heteroatoms. The minimum absolute atomic E-state index is 0.105. The van der Waals surface area contributed by atoms with Gasteiger partial charge in [0, 0.05) is 24.5 Å². The third kappa shape index (κ3) is 1.49. The summed E-state index contributed by atoms with van der Waals surface area (Å²) in [5.41, 5.74) is 0.885. The molecule has 1 aromatic rings. The Morgan fingerprint density at radius 3 is 2.82 bits per heavy atom. The Morgan fingerprint density at radius 1 is 1.41 bits per heavy atom. The van der Waals surface area contributed by atoms with E-state index in [1.165, 1.54) is 0 Å². The number of anilines is 1. The number of carbonyl (C=O) groups is 1. The van der Waals surface area contributed by atoms with Crippen molar-refractivity contribution in [1.82, 2.24) is 9.97 Å². The van der Waals surface area contributed by atoms with Crippen LogP contribution in [0.4, 0.5) is 5.82 Å². The molecule has 1 aromatic heterocycles. The lowest BCUT2D eigenvalue weighted by Gasteiger charge is -2.24. The van der Waals surface area contributed by atoms with E-state index in [9.17, 15) is 9.90 Å². The van der Waals surface area contributed by atoms with Crippen LogP contribution >= 0.6 is 0 Å². The van der Waals surface area contributed by atoms with Gasteiger partial charge in [0.05, 0.1) is 11.6 Å². The second-order valence-electron chi connectivity index (χ2n) is 4.85. The lowest BCUT2D eigenvalue weighted by atomic mass is 9.89. The monoisotopic (exact) mass is 233 g/mol. The molecule has 2 aliphatic heterocycles. The summed E-state index contributed by atoms with van der Waals surface area (Å²) in [6, 6.07) is 0.435. The van der Waals surface area contributed by atoms with Gasteiger partial charge in [0.2, 0.25) is 0 Å². The number of carboxylic acids is 1. The zero-order valence-corrected chi connectivity index (χ0v) is 9.71. The van der Waals surface area contributed by atoms with Crippen LogP contribution < -0.4 is 4.90 Å². The topological polar surface area (TPSA) is 66.3 Å². The summed E-state index contributed by atoms with van der Waals surface area (Å²) in [5.74, 6) is -0.0531. The van der Waals surface area contributed by atoms with Gasteiger partial charge in [-0.15, -0.1) is 0 Å². The van der Waals surface area contributed by atoms with Crippen molar-refractivity contribution >= 4 is 11.8 Å². The molecule has 0 aliphatic carbocycles. The van der Waals surface area contributed by atoms with Crippen LogP contribution in [0.5, 0.6) is 0 Å². The second kappa shape index (κ2) is 3.68. The van der Waals surface area contributed by atoms with Crippen LogP contribution in [0.1, 0.15) is 25.0 Å². The van der Waals surface area contributed by atoms with Crippen LogP contribution in [0.3, 0.4) is 0 Å². The van der Waals surface area contributed by atoms with Crippen molar-refractivity contribution in [3.8, 4) is 0 Å². The maximum atomic E-state index is 11.2. The normalized spacial score (nSPS) is 30.9. The minimum atomic E-state index is -0.677. The molecule has 0 spiro atoms. The van der Waals surface area contributed by atoms with Crippen LogP contribution in [0.15, 0.2) is 12.4 Å². The molecule has 0 radical (unpaired) electrons. The van der Waals surface area contributed by atoms with Crippen molar-refractivity contribution in [1.29, 1.82) is 0 Å². The highest BCUT2D eigenvalue weighted by molar-refractivity contribution is 5.74. The van der Waals surface area contributed by atoms with E-state index in [1.807, 2.05) is 6.92 Å². The first-order valence-corrected chi connectivity index (χ1v) is 5.97. The summed E-state index contributed by atoms with van der Waals surface area (Å²) in [6.45, 7) is 1.93. The van der Waals surface area contributed by atoms with E-state index >= 15 is 0 Å². The first-order chi connectivity index (χ1) is 8.18. The smallest absolute Gasteiger partial charge is 0.308 e. The van der Waals surface area contributed by atoms with Gasteiger partial charge < -0.3 is 10.0 Å². The molecular weight excluding hydrogens is 218 g/mol. The zero-order valence-electron chi connectivity index (χ0n) is 9.71. The molecule has 1 N–H and O–H groups in total. The Bertz CT molecular complexity index is 463. The fourth-order valence-corrected chi connectivity index (χ4v) is 3.24. The van der Waals surface area contributed by atoms with Crippen LogP contribution in [0, 0.1) is 12.8 Å². The quantitative estimate of drug-likeness (QED) is 0.832. The highest BCUT2D eigenvalue weighted by atomic mass is 16.4. The van der Waals surface area contributed by atoms with E-state index in [4.69, 9.17) is 0 Å². The molecule has 0 amide bonds. The van der Waals surface area contributed by atoms with Gasteiger partial charge in [-0.25, -0.2) is 4.98 Å². The maximum absolute atomic E-state index is 11.2. The SMILES string of the molecule is Cc1nccnc1N1C2CCC1C(C(=O)O)C2. The molecule has 2 bridgehead atoms. The van der Waals surface area contributed by atoms with Crippen LogP contribution in [-0.2, 0) is 4.79 Å². The van der Waals surface area contributed by atoms with Crippen LogP contribution in [0.2, 0.25) is 0 Å². The van der Waals surface area contributed by atoms with Crippen molar-refractivity contribution in [2.45, 2.75) is 38.3 Å². The van der Waals surface area contributed by atoms with Gasteiger partial charge in [-0.05, 0) is 26.2 Å². The first-order valence-electron chi connectivity index (χ1n) is 5.97. The largest absolute Gasteiger partial charge is 0.481 e. The van der Waals surface area contributed by atoms with Crippen molar-refractivity contribution < 1.29 is 9.90 Å². The number of aryl methyl sites for hydroxylation is 1. The fourth-order valence-electron chi connectivity index (χ4n) is 3.24. The molecule has 2 fully saturated rings. The molecule has 3 atom stereocenters.